The molecule has 13 aliphatic rings. The van der Waals surface area contributed by atoms with Crippen LogP contribution in [-0.4, -0.2) is 72.8 Å². The van der Waals surface area contributed by atoms with E-state index in [4.69, 9.17) is 38.9 Å². The van der Waals surface area contributed by atoms with Crippen LogP contribution >= 0.6 is 0 Å². The predicted molar refractivity (Wildman–Crippen MR) is 229 cm³/mol. The van der Waals surface area contributed by atoms with E-state index in [1.807, 2.05) is 7.11 Å². The molecule has 0 amide bonds. The minimum Gasteiger partial charge on any atom is -0.377 e. The lowest BCUT2D eigenvalue weighted by Crippen LogP contribution is -2.66. The number of fused-ring (bicyclic) bond motifs is 11. The molecule has 21 unspecified atom stereocenters. The van der Waals surface area contributed by atoms with Gasteiger partial charge in [0, 0.05) is 31.3 Å². The van der Waals surface area contributed by atoms with Gasteiger partial charge >= 0.3 is 35.2 Å². The first kappa shape index (κ1) is 38.9. The average Bonchev–Trinajstić information content (AvgIpc) is 4.11. The van der Waals surface area contributed by atoms with Gasteiger partial charge in [-0.15, -0.1) is 0 Å². The van der Waals surface area contributed by atoms with Crippen molar-refractivity contribution in [1.82, 2.24) is 0 Å². The monoisotopic (exact) mass is 876 g/mol. The SMILES string of the molecule is CO[Si]1(CCC2CC3C=CC2C3)OC2C3CCCCC4O[Si](CCC5CC6C=CC5C6)(O1)O[Si]1(CCC5CC6C=CC5C6)OC4C2O[Si](CCC2CC4C=CC2C4)(O3)O1. The molecule has 4 aliphatic heterocycles. The van der Waals surface area contributed by atoms with Crippen molar-refractivity contribution in [3.8, 4) is 0 Å². The lowest BCUT2D eigenvalue weighted by molar-refractivity contribution is -0.154. The molecular weight excluding hydrogens is 809 g/mol. The van der Waals surface area contributed by atoms with Crippen molar-refractivity contribution in [3.63, 3.8) is 0 Å². The number of hydrogen-bond donors (Lipinski definition) is 0. The molecule has 9 nitrogen and oxygen atoms in total. The molecule has 13 rings (SSSR count). The topological polar surface area (TPSA) is 83.1 Å². The Morgan fingerprint density at radius 2 is 0.831 bits per heavy atom. The van der Waals surface area contributed by atoms with Gasteiger partial charge in [-0.1, -0.05) is 61.4 Å². The highest BCUT2D eigenvalue weighted by Crippen LogP contribution is 2.55. The van der Waals surface area contributed by atoms with Gasteiger partial charge in [-0.05, 0) is 161 Å². The summed E-state index contributed by atoms with van der Waals surface area (Å²) in [5, 5.41) is 0. The maximum Gasteiger partial charge on any atom is 0.494 e. The fourth-order valence-corrected chi connectivity index (χ4v) is 33.7. The highest BCUT2D eigenvalue weighted by molar-refractivity contribution is 6.84. The van der Waals surface area contributed by atoms with Crippen LogP contribution in [0.2, 0.25) is 24.2 Å². The zero-order valence-electron chi connectivity index (χ0n) is 35.3. The third-order valence-electron chi connectivity index (χ3n) is 18.4. The van der Waals surface area contributed by atoms with Gasteiger partial charge in [-0.25, -0.2) is 0 Å². The molecular formula is C46H68O9Si4. The molecule has 13 heteroatoms. The van der Waals surface area contributed by atoms with Gasteiger partial charge in [-0.3, -0.25) is 0 Å². The minimum absolute atomic E-state index is 0.158. The largest absolute Gasteiger partial charge is 0.494 e. The van der Waals surface area contributed by atoms with Crippen LogP contribution in [0.1, 0.15) is 103 Å². The first-order valence-corrected chi connectivity index (χ1v) is 32.3. The van der Waals surface area contributed by atoms with E-state index in [1.54, 1.807) is 0 Å². The summed E-state index contributed by atoms with van der Waals surface area (Å²) in [6.45, 7) is 0. The summed E-state index contributed by atoms with van der Waals surface area (Å²) in [5.74, 6) is 8.03. The van der Waals surface area contributed by atoms with Crippen LogP contribution in [0.25, 0.3) is 0 Å². The summed E-state index contributed by atoms with van der Waals surface area (Å²) in [7, 11) is -12.1. The minimum atomic E-state index is -3.59. The molecule has 322 valence electrons. The third kappa shape index (κ3) is 6.87. The molecule has 9 aliphatic carbocycles. The molecule has 21 atom stereocenters. The smallest absolute Gasteiger partial charge is 0.377 e. The Labute approximate surface area is 356 Å². The summed E-state index contributed by atoms with van der Waals surface area (Å²) in [6, 6.07) is 3.13. The van der Waals surface area contributed by atoms with Gasteiger partial charge in [0.15, 0.2) is 0 Å². The molecule has 0 aromatic carbocycles. The van der Waals surface area contributed by atoms with Crippen molar-refractivity contribution >= 4 is 35.2 Å². The Balaban J connectivity index is 0.914. The van der Waals surface area contributed by atoms with Crippen LogP contribution in [-0.2, 0) is 38.9 Å². The standard InChI is InChI=1S/C46H68O9Si4/c1-47-56(18-14-38-26-30-6-10-34(38)22-30)50-44-42-4-2-3-5-43-45-46(44)52-57(48-42,19-15-39-27-31-7-11-35(39)23-31)54-59(51-45,21-17-41-29-33-9-13-37(41)25-33)55-58(49-43,53-56)20-16-40-28-32-8-12-36(40)24-32/h6-13,30-46H,2-5,14-29H2,1H3. The molecule has 0 radical (unpaired) electrons. The molecule has 0 aromatic heterocycles. The summed E-state index contributed by atoms with van der Waals surface area (Å²) >= 11 is 0. The molecule has 9 fully saturated rings. The highest BCUT2D eigenvalue weighted by Gasteiger charge is 2.74. The van der Waals surface area contributed by atoms with E-state index in [2.05, 4.69) is 48.6 Å². The summed E-state index contributed by atoms with van der Waals surface area (Å²) in [5.41, 5.74) is 0. The van der Waals surface area contributed by atoms with E-state index >= 15 is 0 Å². The Kier molecular flexibility index (Phi) is 9.72. The quantitative estimate of drug-likeness (QED) is 0.133. The zero-order chi connectivity index (χ0) is 39.0. The van der Waals surface area contributed by atoms with Crippen LogP contribution in [0.4, 0.5) is 0 Å². The van der Waals surface area contributed by atoms with Crippen LogP contribution in [0.5, 0.6) is 0 Å². The second-order valence-electron chi connectivity index (χ2n) is 21.9. The molecule has 0 aromatic rings. The molecule has 0 N–H and O–H groups in total. The van der Waals surface area contributed by atoms with Crippen LogP contribution in [0.3, 0.4) is 0 Å². The first-order valence-electron chi connectivity index (χ1n) is 24.6. The van der Waals surface area contributed by atoms with Gasteiger partial charge in [-0.2, -0.15) is 0 Å². The summed E-state index contributed by atoms with van der Waals surface area (Å²) in [4.78, 5) is 0. The van der Waals surface area contributed by atoms with Crippen LogP contribution in [0.15, 0.2) is 48.6 Å². The summed E-state index contributed by atoms with van der Waals surface area (Å²) in [6.07, 6.45) is 36.7. The van der Waals surface area contributed by atoms with E-state index in [-0.39, 0.29) is 30.5 Å². The molecule has 4 saturated heterocycles. The van der Waals surface area contributed by atoms with Crippen molar-refractivity contribution in [1.29, 1.82) is 0 Å². The van der Waals surface area contributed by atoms with Crippen molar-refractivity contribution < 1.29 is 38.9 Å². The van der Waals surface area contributed by atoms with E-state index in [0.717, 1.165) is 87.4 Å². The van der Waals surface area contributed by atoms with Crippen molar-refractivity contribution in [2.75, 3.05) is 7.11 Å². The number of hydrogen-bond acceptors (Lipinski definition) is 9. The zero-order valence-corrected chi connectivity index (χ0v) is 39.3. The van der Waals surface area contributed by atoms with Gasteiger partial charge in [0.1, 0.15) is 18.3 Å². The van der Waals surface area contributed by atoms with Gasteiger partial charge in [0.2, 0.25) is 0 Å². The fraction of sp³-hybridized carbons (Fsp3) is 0.826. The fourth-order valence-electron chi connectivity index (χ4n) is 15.5. The van der Waals surface area contributed by atoms with Crippen LogP contribution in [0, 0.1) is 71.0 Å². The molecule has 59 heavy (non-hydrogen) atoms. The van der Waals surface area contributed by atoms with E-state index in [1.165, 1.54) is 51.4 Å². The van der Waals surface area contributed by atoms with Crippen molar-refractivity contribution in [3.05, 3.63) is 48.6 Å². The maximum absolute atomic E-state index is 8.03. The Bertz CT molecular complexity index is 1770. The second kappa shape index (κ2) is 14.7. The van der Waals surface area contributed by atoms with Crippen molar-refractivity contribution in [2.45, 2.75) is 157 Å². The number of allylic oxidation sites excluding steroid dienone is 8. The lowest BCUT2D eigenvalue weighted by Gasteiger charge is -2.48. The Hall–Kier alpha value is -0.532. The molecule has 0 spiro atoms. The Morgan fingerprint density at radius 1 is 0.424 bits per heavy atom. The van der Waals surface area contributed by atoms with E-state index < -0.39 is 35.2 Å². The molecule has 16 bridgehead atoms. The Morgan fingerprint density at radius 3 is 1.29 bits per heavy atom. The molecule has 4 heterocycles. The lowest BCUT2D eigenvalue weighted by atomic mass is 9.91. The third-order valence-corrected chi connectivity index (χ3v) is 33.3. The molecule has 5 saturated carbocycles. The van der Waals surface area contributed by atoms with Crippen LogP contribution < -0.4 is 0 Å². The van der Waals surface area contributed by atoms with Crippen molar-refractivity contribution in [2.24, 2.45) is 71.0 Å². The normalized spacial score (nSPS) is 56.3. The van der Waals surface area contributed by atoms with Gasteiger partial charge in [0.25, 0.3) is 0 Å². The average molecular weight is 877 g/mol. The van der Waals surface area contributed by atoms with Gasteiger partial charge in [0.05, 0.1) is 12.2 Å². The predicted octanol–water partition coefficient (Wildman–Crippen LogP) is 9.40. The number of rotatable bonds is 13. The van der Waals surface area contributed by atoms with E-state index in [0.29, 0.717) is 59.2 Å². The maximum atomic E-state index is 8.03. The first-order chi connectivity index (χ1) is 28.8. The van der Waals surface area contributed by atoms with Gasteiger partial charge < -0.3 is 38.9 Å². The highest BCUT2D eigenvalue weighted by atomic mass is 28.5. The second-order valence-corrected chi connectivity index (χ2v) is 33.4. The summed E-state index contributed by atoms with van der Waals surface area (Å²) < 4.78 is 69.2. The van der Waals surface area contributed by atoms with E-state index in [9.17, 15) is 0 Å².